The van der Waals surface area contributed by atoms with Crippen LogP contribution in [-0.2, 0) is 27.2 Å². The van der Waals surface area contributed by atoms with Crippen molar-refractivity contribution in [1.29, 1.82) is 0 Å². The maximum atomic E-state index is 13.0. The van der Waals surface area contributed by atoms with Crippen LogP contribution in [-0.4, -0.2) is 53.9 Å². The number of amides is 1. The Morgan fingerprint density at radius 3 is 2.29 bits per heavy atom. The minimum absolute atomic E-state index is 0.121. The predicted octanol–water partition coefficient (Wildman–Crippen LogP) is 3.85. The lowest BCUT2D eigenvalue weighted by Gasteiger charge is -2.23. The highest BCUT2D eigenvalue weighted by atomic mass is 35.5. The summed E-state index contributed by atoms with van der Waals surface area (Å²) in [5.74, 6) is -1.18. The number of nitrogens with one attached hydrogen (secondary N) is 1. The van der Waals surface area contributed by atoms with Crippen molar-refractivity contribution < 1.29 is 29.0 Å². The van der Waals surface area contributed by atoms with Gasteiger partial charge >= 0.3 is 0 Å². The molecule has 1 unspecified atom stereocenters. The van der Waals surface area contributed by atoms with Gasteiger partial charge in [0.2, 0.25) is 5.91 Å². The molecule has 0 saturated carbocycles. The van der Waals surface area contributed by atoms with Crippen molar-refractivity contribution >= 4 is 34.9 Å². The number of halogens is 2. The number of furan rings is 1. The van der Waals surface area contributed by atoms with Crippen LogP contribution in [0.1, 0.15) is 17.5 Å². The third kappa shape index (κ3) is 7.92. The van der Waals surface area contributed by atoms with E-state index in [9.17, 15) is 19.8 Å². The molecule has 3 aromatic rings. The summed E-state index contributed by atoms with van der Waals surface area (Å²) in [6.45, 7) is -0.239. The molecule has 7 nitrogen and oxygen atoms in total. The number of carbonyl (C=O) groups excluding carboxylic acids is 2. The summed E-state index contributed by atoms with van der Waals surface area (Å²) in [6.07, 6.45) is 0.791. The molecule has 1 aromatic heterocycles. The Bertz CT molecular complexity index is 1100. The molecule has 186 valence electrons. The first-order valence-corrected chi connectivity index (χ1v) is 11.8. The van der Waals surface area contributed by atoms with Crippen LogP contribution in [0.15, 0.2) is 65.5 Å². The first-order valence-electron chi connectivity index (χ1n) is 11.0. The van der Waals surface area contributed by atoms with Crippen LogP contribution >= 0.6 is 23.2 Å². The number of ketones is 1. The fraction of sp³-hybridized carbons (Fsp3) is 0.308. The molecule has 0 saturated heterocycles. The van der Waals surface area contributed by atoms with Crippen LogP contribution in [0.3, 0.4) is 0 Å². The third-order valence-electron chi connectivity index (χ3n) is 5.51. The van der Waals surface area contributed by atoms with Gasteiger partial charge in [-0.1, -0.05) is 47.5 Å². The first kappa shape index (κ1) is 26.9. The highest BCUT2D eigenvalue weighted by Crippen LogP contribution is 2.27. The van der Waals surface area contributed by atoms with E-state index in [4.69, 9.17) is 32.4 Å². The number of hydrogen-bond donors (Lipinski definition) is 3. The molecule has 0 bridgehead atoms. The molecule has 2 aromatic carbocycles. The number of aliphatic hydroxyl groups excluding tert-OH is 2. The smallest absolute Gasteiger partial charge is 0.246 e. The van der Waals surface area contributed by atoms with E-state index in [2.05, 4.69) is 5.32 Å². The van der Waals surface area contributed by atoms with E-state index in [-0.39, 0.29) is 19.4 Å². The highest BCUT2D eigenvalue weighted by molar-refractivity contribution is 6.35. The fourth-order valence-electron chi connectivity index (χ4n) is 3.68. The van der Waals surface area contributed by atoms with Gasteiger partial charge < -0.3 is 24.7 Å². The van der Waals surface area contributed by atoms with Crippen LogP contribution in [0.4, 0.5) is 0 Å². The Labute approximate surface area is 213 Å². The second kappa shape index (κ2) is 12.9. The Morgan fingerprint density at radius 1 is 1.00 bits per heavy atom. The summed E-state index contributed by atoms with van der Waals surface area (Å²) in [5.41, 5.74) is 3.30. The Balaban J connectivity index is 1.72. The quantitative estimate of drug-likeness (QED) is 0.335. The second-order valence-electron chi connectivity index (χ2n) is 8.20. The zero-order valence-electron chi connectivity index (χ0n) is 19.1. The van der Waals surface area contributed by atoms with Crippen molar-refractivity contribution in [2.24, 2.45) is 0 Å². The number of rotatable bonds is 12. The molecule has 9 heteroatoms. The fourth-order valence-corrected chi connectivity index (χ4v) is 4.21. The van der Waals surface area contributed by atoms with Gasteiger partial charge in [0.05, 0.1) is 24.7 Å². The van der Waals surface area contributed by atoms with Crippen LogP contribution in [0.5, 0.6) is 0 Å². The highest BCUT2D eigenvalue weighted by Gasteiger charge is 2.31. The van der Waals surface area contributed by atoms with E-state index in [0.29, 0.717) is 16.5 Å². The van der Waals surface area contributed by atoms with Crippen molar-refractivity contribution in [3.05, 3.63) is 82.2 Å². The van der Waals surface area contributed by atoms with Gasteiger partial charge in [-0.3, -0.25) is 9.59 Å². The molecule has 0 aliphatic heterocycles. The Kier molecular flexibility index (Phi) is 9.89. The van der Waals surface area contributed by atoms with Crippen molar-refractivity contribution in [2.75, 3.05) is 13.7 Å². The van der Waals surface area contributed by atoms with Gasteiger partial charge in [-0.2, -0.15) is 0 Å². The van der Waals surface area contributed by atoms with E-state index in [1.807, 2.05) is 24.3 Å². The standard InChI is InChI=1S/C26H27Cl2NO6/c1-34-15-24(31)29-22(25(32)26(33)23(30)7-4-17-8-9-35-14-17)10-16-2-5-18(6-3-16)19-11-20(27)13-21(28)12-19/h2-3,5-6,8-9,11-14,22-23,26,30,33H,4,7,10,15H2,1H3,(H,29,31)/t22-,23?,26-/m0/s1. The summed E-state index contributed by atoms with van der Waals surface area (Å²) in [6, 6.07) is 13.3. The molecule has 35 heavy (non-hydrogen) atoms. The summed E-state index contributed by atoms with van der Waals surface area (Å²) in [5, 5.41) is 24.5. The largest absolute Gasteiger partial charge is 0.472 e. The number of Topliss-reactive ketones (excluding diaryl/α,β-unsaturated/α-hetero) is 1. The van der Waals surface area contributed by atoms with Gasteiger partial charge in [0.1, 0.15) is 12.7 Å². The average Bonchev–Trinajstić information content (AvgIpc) is 3.35. The molecule has 0 fully saturated rings. The molecule has 1 heterocycles. The van der Waals surface area contributed by atoms with Gasteiger partial charge in [-0.25, -0.2) is 0 Å². The summed E-state index contributed by atoms with van der Waals surface area (Å²) in [7, 11) is 1.37. The summed E-state index contributed by atoms with van der Waals surface area (Å²) < 4.78 is 9.83. The third-order valence-corrected chi connectivity index (χ3v) is 5.95. The van der Waals surface area contributed by atoms with Crippen LogP contribution in [0.2, 0.25) is 10.0 Å². The van der Waals surface area contributed by atoms with Crippen LogP contribution < -0.4 is 5.32 Å². The lowest BCUT2D eigenvalue weighted by molar-refractivity contribution is -0.138. The first-order chi connectivity index (χ1) is 16.8. The van der Waals surface area contributed by atoms with Gasteiger partial charge in [0, 0.05) is 17.2 Å². The molecule has 3 atom stereocenters. The van der Waals surface area contributed by atoms with Gasteiger partial charge in [-0.05, 0) is 65.8 Å². The normalized spacial score (nSPS) is 13.7. The van der Waals surface area contributed by atoms with Gasteiger partial charge in [0.25, 0.3) is 0 Å². The van der Waals surface area contributed by atoms with Crippen molar-refractivity contribution in [3.8, 4) is 11.1 Å². The van der Waals surface area contributed by atoms with Crippen molar-refractivity contribution in [1.82, 2.24) is 5.32 Å². The Morgan fingerprint density at radius 2 is 1.69 bits per heavy atom. The number of carbonyl (C=O) groups is 2. The van der Waals surface area contributed by atoms with Gasteiger partial charge in [0.15, 0.2) is 5.78 Å². The molecule has 0 spiro atoms. The molecule has 1 amide bonds. The Hall–Kier alpha value is -2.68. The lowest BCUT2D eigenvalue weighted by atomic mass is 9.93. The molecular weight excluding hydrogens is 493 g/mol. The molecule has 3 N–H and O–H groups in total. The molecular formula is C26H27Cl2NO6. The second-order valence-corrected chi connectivity index (χ2v) is 9.07. The van der Waals surface area contributed by atoms with E-state index in [1.165, 1.54) is 19.6 Å². The van der Waals surface area contributed by atoms with Crippen molar-refractivity contribution in [2.45, 2.75) is 37.5 Å². The zero-order chi connectivity index (χ0) is 25.4. The number of ether oxygens (including phenoxy) is 1. The van der Waals surface area contributed by atoms with Crippen LogP contribution in [0.25, 0.3) is 11.1 Å². The number of aliphatic hydroxyl groups is 2. The summed E-state index contributed by atoms with van der Waals surface area (Å²) >= 11 is 12.2. The van der Waals surface area contributed by atoms with E-state index in [1.54, 1.807) is 24.3 Å². The SMILES string of the molecule is COCC(=O)N[C@@H](Cc1ccc(-c2cc(Cl)cc(Cl)c2)cc1)C(=O)[C@@H](O)C(O)CCc1ccoc1. The predicted molar refractivity (Wildman–Crippen MR) is 133 cm³/mol. The number of hydrogen-bond acceptors (Lipinski definition) is 6. The van der Waals surface area contributed by atoms with Crippen molar-refractivity contribution in [3.63, 3.8) is 0 Å². The summed E-state index contributed by atoms with van der Waals surface area (Å²) in [4.78, 5) is 25.2. The molecule has 0 radical (unpaired) electrons. The maximum Gasteiger partial charge on any atom is 0.246 e. The van der Waals surface area contributed by atoms with Crippen LogP contribution in [0, 0.1) is 0 Å². The maximum absolute atomic E-state index is 13.0. The average molecular weight is 520 g/mol. The topological polar surface area (TPSA) is 109 Å². The number of benzene rings is 2. The number of methoxy groups -OCH3 is 1. The molecule has 0 aliphatic carbocycles. The minimum atomic E-state index is -1.66. The van der Waals surface area contributed by atoms with Gasteiger partial charge in [-0.15, -0.1) is 0 Å². The lowest BCUT2D eigenvalue weighted by Crippen LogP contribution is -2.50. The minimum Gasteiger partial charge on any atom is -0.472 e. The van der Waals surface area contributed by atoms with E-state index >= 15 is 0 Å². The number of aryl methyl sites for hydroxylation is 1. The molecule has 0 aliphatic rings. The van der Waals surface area contributed by atoms with E-state index in [0.717, 1.165) is 22.3 Å². The molecule has 3 rings (SSSR count). The zero-order valence-corrected chi connectivity index (χ0v) is 20.6. The van der Waals surface area contributed by atoms with E-state index < -0.39 is 29.9 Å². The monoisotopic (exact) mass is 519 g/mol.